The van der Waals surface area contributed by atoms with Crippen molar-refractivity contribution in [2.45, 2.75) is 11.7 Å². The predicted octanol–water partition coefficient (Wildman–Crippen LogP) is 4.56. The van der Waals surface area contributed by atoms with Gasteiger partial charge in [-0.2, -0.15) is 5.10 Å². The molecule has 0 radical (unpaired) electrons. The molecule has 0 aliphatic carbocycles. The van der Waals surface area contributed by atoms with Crippen LogP contribution in [-0.4, -0.2) is 43.3 Å². The summed E-state index contributed by atoms with van der Waals surface area (Å²) in [4.78, 5) is 12.6. The quantitative estimate of drug-likeness (QED) is 0.366. The van der Waals surface area contributed by atoms with Crippen LogP contribution >= 0.6 is 35.0 Å². The number of anilines is 1. The molecular formula is C21H18Cl2N6O2S. The van der Waals surface area contributed by atoms with Crippen LogP contribution in [0.15, 0.2) is 66.2 Å². The lowest BCUT2D eigenvalue weighted by Gasteiger charge is -2.11. The van der Waals surface area contributed by atoms with Crippen LogP contribution in [0, 0.1) is 0 Å². The lowest BCUT2D eigenvalue weighted by Crippen LogP contribution is -2.18. The SMILES string of the molecule is COc1ccc(-n2cnnc2SCC(=O)Nc2ccnn2Cc2cccc(Cl)c2Cl)cc1. The number of rotatable bonds is 8. The molecule has 2 aromatic heterocycles. The first kappa shape index (κ1) is 22.2. The summed E-state index contributed by atoms with van der Waals surface area (Å²) < 4.78 is 8.65. The van der Waals surface area contributed by atoms with Crippen LogP contribution in [0.4, 0.5) is 5.82 Å². The molecule has 0 aliphatic heterocycles. The van der Waals surface area contributed by atoms with Gasteiger partial charge in [-0.05, 0) is 35.9 Å². The molecule has 2 aromatic carbocycles. The number of aromatic nitrogens is 5. The molecule has 8 nitrogen and oxygen atoms in total. The highest BCUT2D eigenvalue weighted by molar-refractivity contribution is 7.99. The van der Waals surface area contributed by atoms with Crippen molar-refractivity contribution in [3.63, 3.8) is 0 Å². The first-order valence-electron chi connectivity index (χ1n) is 9.47. The van der Waals surface area contributed by atoms with Gasteiger partial charge in [0, 0.05) is 11.8 Å². The number of nitrogens with one attached hydrogen (secondary N) is 1. The van der Waals surface area contributed by atoms with Crippen LogP contribution in [0.5, 0.6) is 5.75 Å². The molecule has 0 fully saturated rings. The summed E-state index contributed by atoms with van der Waals surface area (Å²) in [6, 6.07) is 14.6. The zero-order chi connectivity index (χ0) is 22.5. The highest BCUT2D eigenvalue weighted by Crippen LogP contribution is 2.27. The third kappa shape index (κ3) is 5.07. The van der Waals surface area contributed by atoms with Crippen molar-refractivity contribution in [1.82, 2.24) is 24.5 Å². The van der Waals surface area contributed by atoms with Crippen LogP contribution in [0.25, 0.3) is 5.69 Å². The smallest absolute Gasteiger partial charge is 0.235 e. The van der Waals surface area contributed by atoms with Crippen molar-refractivity contribution < 1.29 is 9.53 Å². The summed E-state index contributed by atoms with van der Waals surface area (Å²) in [5.74, 6) is 1.27. The second kappa shape index (κ2) is 10.1. The Bertz CT molecular complexity index is 1230. The maximum absolute atomic E-state index is 12.6. The van der Waals surface area contributed by atoms with Gasteiger partial charge in [0.05, 0.1) is 35.6 Å². The fourth-order valence-electron chi connectivity index (χ4n) is 2.95. The third-order valence-corrected chi connectivity index (χ3v) is 6.34. The summed E-state index contributed by atoms with van der Waals surface area (Å²) in [6.07, 6.45) is 3.22. The molecule has 0 atom stereocenters. The maximum atomic E-state index is 12.6. The summed E-state index contributed by atoms with van der Waals surface area (Å²) >= 11 is 13.6. The number of thioether (sulfide) groups is 1. The summed E-state index contributed by atoms with van der Waals surface area (Å²) in [7, 11) is 1.61. The number of carbonyl (C=O) groups excluding carboxylic acids is 1. The Morgan fingerprint density at radius 1 is 1.16 bits per heavy atom. The molecule has 0 saturated heterocycles. The van der Waals surface area contributed by atoms with E-state index in [1.165, 1.54) is 11.8 Å². The van der Waals surface area contributed by atoms with E-state index in [0.717, 1.165) is 17.0 Å². The van der Waals surface area contributed by atoms with Crippen molar-refractivity contribution in [2.24, 2.45) is 0 Å². The number of benzene rings is 2. The topological polar surface area (TPSA) is 86.9 Å². The van der Waals surface area contributed by atoms with Gasteiger partial charge in [0.2, 0.25) is 5.91 Å². The Labute approximate surface area is 198 Å². The molecule has 0 spiro atoms. The maximum Gasteiger partial charge on any atom is 0.235 e. The van der Waals surface area contributed by atoms with E-state index in [9.17, 15) is 4.79 Å². The number of hydrogen-bond acceptors (Lipinski definition) is 6. The Morgan fingerprint density at radius 2 is 1.97 bits per heavy atom. The predicted molar refractivity (Wildman–Crippen MR) is 125 cm³/mol. The van der Waals surface area contributed by atoms with Gasteiger partial charge >= 0.3 is 0 Å². The Kier molecular flexibility index (Phi) is 6.99. The van der Waals surface area contributed by atoms with E-state index in [4.69, 9.17) is 27.9 Å². The van der Waals surface area contributed by atoms with Gasteiger partial charge < -0.3 is 10.1 Å². The molecule has 2 heterocycles. The van der Waals surface area contributed by atoms with Crippen molar-refractivity contribution >= 4 is 46.7 Å². The highest BCUT2D eigenvalue weighted by Gasteiger charge is 2.13. The van der Waals surface area contributed by atoms with E-state index in [1.807, 2.05) is 41.0 Å². The molecule has 1 N–H and O–H groups in total. The Morgan fingerprint density at radius 3 is 2.75 bits per heavy atom. The minimum absolute atomic E-state index is 0.151. The number of nitrogens with zero attached hydrogens (tertiary/aromatic N) is 5. The van der Waals surface area contributed by atoms with Crippen molar-refractivity contribution in [2.75, 3.05) is 18.2 Å². The fraction of sp³-hybridized carbons (Fsp3) is 0.143. The average Bonchev–Trinajstić information content (AvgIpc) is 3.45. The Hall–Kier alpha value is -3.01. The van der Waals surface area contributed by atoms with Crippen LogP contribution in [0.3, 0.4) is 0 Å². The van der Waals surface area contributed by atoms with Crippen LogP contribution in [-0.2, 0) is 11.3 Å². The zero-order valence-electron chi connectivity index (χ0n) is 16.9. The average molecular weight is 489 g/mol. The third-order valence-electron chi connectivity index (χ3n) is 4.54. The second-order valence-electron chi connectivity index (χ2n) is 6.61. The van der Waals surface area contributed by atoms with E-state index in [-0.39, 0.29) is 11.7 Å². The molecule has 4 rings (SSSR count). The van der Waals surface area contributed by atoms with Gasteiger partial charge in [-0.3, -0.25) is 9.36 Å². The molecule has 0 bridgehead atoms. The number of methoxy groups -OCH3 is 1. The molecule has 32 heavy (non-hydrogen) atoms. The van der Waals surface area contributed by atoms with Gasteiger partial charge in [-0.1, -0.05) is 47.1 Å². The largest absolute Gasteiger partial charge is 0.497 e. The van der Waals surface area contributed by atoms with Gasteiger partial charge in [0.25, 0.3) is 0 Å². The second-order valence-corrected chi connectivity index (χ2v) is 8.33. The lowest BCUT2D eigenvalue weighted by atomic mass is 10.2. The first-order chi connectivity index (χ1) is 15.5. The minimum atomic E-state index is -0.196. The number of amides is 1. The zero-order valence-corrected chi connectivity index (χ0v) is 19.2. The summed E-state index contributed by atoms with van der Waals surface area (Å²) in [5, 5.41) is 16.8. The number of carbonyl (C=O) groups is 1. The van der Waals surface area contributed by atoms with Crippen LogP contribution in [0.1, 0.15) is 5.56 Å². The van der Waals surface area contributed by atoms with Crippen molar-refractivity contribution in [1.29, 1.82) is 0 Å². The Balaban J connectivity index is 1.39. The van der Waals surface area contributed by atoms with Gasteiger partial charge in [-0.15, -0.1) is 10.2 Å². The first-order valence-corrected chi connectivity index (χ1v) is 11.2. The van der Waals surface area contributed by atoms with Crippen molar-refractivity contribution in [3.05, 3.63) is 76.7 Å². The van der Waals surface area contributed by atoms with E-state index in [1.54, 1.807) is 36.4 Å². The molecule has 4 aromatic rings. The molecule has 1 amide bonds. The van der Waals surface area contributed by atoms with E-state index < -0.39 is 0 Å². The van der Waals surface area contributed by atoms with Crippen LogP contribution in [0.2, 0.25) is 10.0 Å². The molecular weight excluding hydrogens is 471 g/mol. The van der Waals surface area contributed by atoms with Crippen molar-refractivity contribution in [3.8, 4) is 11.4 Å². The highest BCUT2D eigenvalue weighted by atomic mass is 35.5. The van der Waals surface area contributed by atoms with E-state index in [2.05, 4.69) is 20.6 Å². The number of ether oxygens (including phenoxy) is 1. The standard InChI is InChI=1S/C21H18Cl2N6O2S/c1-31-16-7-5-15(6-8-16)28-13-24-27-21(28)32-12-19(30)26-18-9-10-25-29(18)11-14-3-2-4-17(22)20(14)23/h2-10,13H,11-12H2,1H3,(H,26,30). The molecule has 11 heteroatoms. The molecule has 0 aliphatic rings. The fourth-order valence-corrected chi connectivity index (χ4v) is 4.06. The number of hydrogen-bond donors (Lipinski definition) is 1. The summed E-state index contributed by atoms with van der Waals surface area (Å²) in [5.41, 5.74) is 1.68. The van der Waals surface area contributed by atoms with E-state index in [0.29, 0.717) is 27.6 Å². The summed E-state index contributed by atoms with van der Waals surface area (Å²) in [6.45, 7) is 0.376. The molecule has 0 saturated carbocycles. The van der Waals surface area contributed by atoms with Gasteiger partial charge in [0.1, 0.15) is 17.9 Å². The normalized spacial score (nSPS) is 10.8. The minimum Gasteiger partial charge on any atom is -0.497 e. The van der Waals surface area contributed by atoms with Gasteiger partial charge in [0.15, 0.2) is 5.16 Å². The molecule has 164 valence electrons. The van der Waals surface area contributed by atoms with Gasteiger partial charge in [-0.25, -0.2) is 4.68 Å². The number of halogens is 2. The van der Waals surface area contributed by atoms with Crippen LogP contribution < -0.4 is 10.1 Å². The van der Waals surface area contributed by atoms with E-state index >= 15 is 0 Å². The monoisotopic (exact) mass is 488 g/mol. The lowest BCUT2D eigenvalue weighted by molar-refractivity contribution is -0.113. The molecule has 0 unspecified atom stereocenters.